The van der Waals surface area contributed by atoms with E-state index in [1.54, 1.807) is 48.5 Å². The smallest absolute Gasteiger partial charge is 0.265 e. The minimum Gasteiger partial charge on any atom is -0.484 e. The van der Waals surface area contributed by atoms with Crippen molar-refractivity contribution in [2.24, 2.45) is 0 Å². The Hall–Kier alpha value is -3.52. The van der Waals surface area contributed by atoms with Crippen LogP contribution in [0, 0.1) is 5.82 Å². The van der Waals surface area contributed by atoms with Crippen LogP contribution < -0.4 is 9.64 Å². The fraction of sp³-hybridized carbons (Fsp3) is 0.200. The Bertz CT molecular complexity index is 1240. The lowest BCUT2D eigenvalue weighted by molar-refractivity contribution is -0.121. The summed E-state index contributed by atoms with van der Waals surface area (Å²) in [5.74, 6) is -0.650. The minimum absolute atomic E-state index is 0.0542. The topological polar surface area (TPSA) is 80.8 Å². The van der Waals surface area contributed by atoms with E-state index in [2.05, 4.69) is 0 Å². The molecule has 1 aliphatic rings. The van der Waals surface area contributed by atoms with Gasteiger partial charge in [0.1, 0.15) is 11.6 Å². The maximum Gasteiger partial charge on any atom is 0.265 e. The first-order valence-corrected chi connectivity index (χ1v) is 12.3. The lowest BCUT2D eigenvalue weighted by Crippen LogP contribution is -2.43. The first-order valence-electron chi connectivity index (χ1n) is 10.4. The fourth-order valence-electron chi connectivity index (χ4n) is 3.81. The van der Waals surface area contributed by atoms with Crippen LogP contribution in [0.4, 0.5) is 10.1 Å². The summed E-state index contributed by atoms with van der Waals surface area (Å²) in [6.45, 7) is -0.281. The Morgan fingerprint density at radius 3 is 2.09 bits per heavy atom. The quantitative estimate of drug-likeness (QED) is 0.496. The third-order valence-corrected chi connectivity index (χ3v) is 7.21. The number of nitrogens with zero attached hydrogens (tertiary/aromatic N) is 1. The van der Waals surface area contributed by atoms with Gasteiger partial charge in [0.15, 0.2) is 22.2 Å². The number of carbonyl (C=O) groups excluding carboxylic acids is 2. The fourth-order valence-corrected chi connectivity index (χ4v) is 5.51. The SMILES string of the molecule is O=C(c1ccc(F)cc1)c1ccc(OCC(=O)N(c2ccccc2)[C@@H]2CCS(=O)(=O)C2)cc1. The number of para-hydroxylation sites is 1. The molecule has 1 atom stereocenters. The molecule has 0 bridgehead atoms. The summed E-state index contributed by atoms with van der Waals surface area (Å²) in [5.41, 5.74) is 1.39. The average molecular weight is 468 g/mol. The summed E-state index contributed by atoms with van der Waals surface area (Å²) in [4.78, 5) is 27.0. The van der Waals surface area contributed by atoms with E-state index < -0.39 is 21.7 Å². The number of carbonyl (C=O) groups is 2. The van der Waals surface area contributed by atoms with Crippen molar-refractivity contribution < 1.29 is 27.1 Å². The molecule has 1 aliphatic heterocycles. The van der Waals surface area contributed by atoms with Crippen molar-refractivity contribution in [3.05, 3.63) is 95.8 Å². The van der Waals surface area contributed by atoms with Crippen LogP contribution in [0.1, 0.15) is 22.3 Å². The number of halogens is 1. The highest BCUT2D eigenvalue weighted by Crippen LogP contribution is 2.25. The van der Waals surface area contributed by atoms with Crippen LogP contribution in [-0.2, 0) is 14.6 Å². The van der Waals surface area contributed by atoms with Crippen molar-refractivity contribution in [1.82, 2.24) is 0 Å². The van der Waals surface area contributed by atoms with E-state index in [0.29, 0.717) is 29.0 Å². The predicted molar refractivity (Wildman–Crippen MR) is 123 cm³/mol. The molecular formula is C25H22FNO5S. The molecule has 3 aromatic rings. The first kappa shape index (κ1) is 22.7. The number of benzene rings is 3. The molecule has 33 heavy (non-hydrogen) atoms. The van der Waals surface area contributed by atoms with Crippen molar-refractivity contribution in [3.63, 3.8) is 0 Å². The van der Waals surface area contributed by atoms with Gasteiger partial charge in [-0.3, -0.25) is 9.59 Å². The van der Waals surface area contributed by atoms with E-state index >= 15 is 0 Å². The highest BCUT2D eigenvalue weighted by molar-refractivity contribution is 7.91. The van der Waals surface area contributed by atoms with Crippen LogP contribution in [0.25, 0.3) is 0 Å². The summed E-state index contributed by atoms with van der Waals surface area (Å²) in [7, 11) is -3.17. The summed E-state index contributed by atoms with van der Waals surface area (Å²) in [6, 6.07) is 20.1. The van der Waals surface area contributed by atoms with Crippen LogP contribution in [0.2, 0.25) is 0 Å². The molecule has 0 aromatic heterocycles. The third kappa shape index (κ3) is 5.46. The van der Waals surface area contributed by atoms with Gasteiger partial charge >= 0.3 is 0 Å². The number of amides is 1. The molecule has 1 heterocycles. The molecule has 1 fully saturated rings. The second-order valence-electron chi connectivity index (χ2n) is 7.81. The molecule has 1 amide bonds. The van der Waals surface area contributed by atoms with E-state index in [-0.39, 0.29) is 29.8 Å². The summed E-state index contributed by atoms with van der Waals surface area (Å²) in [6.07, 6.45) is 0.378. The summed E-state index contributed by atoms with van der Waals surface area (Å²) in [5, 5.41) is 0. The van der Waals surface area contributed by atoms with E-state index in [1.807, 2.05) is 6.07 Å². The van der Waals surface area contributed by atoms with E-state index in [9.17, 15) is 22.4 Å². The first-order chi connectivity index (χ1) is 15.8. The van der Waals surface area contributed by atoms with Crippen LogP contribution in [0.15, 0.2) is 78.9 Å². The predicted octanol–water partition coefficient (Wildman–Crippen LogP) is 3.66. The molecule has 6 nitrogen and oxygen atoms in total. The molecule has 170 valence electrons. The zero-order chi connectivity index (χ0) is 23.4. The number of hydrogen-bond donors (Lipinski definition) is 0. The Morgan fingerprint density at radius 2 is 1.52 bits per heavy atom. The highest BCUT2D eigenvalue weighted by Gasteiger charge is 2.35. The molecule has 4 rings (SSSR count). The summed E-state index contributed by atoms with van der Waals surface area (Å²) < 4.78 is 42.6. The van der Waals surface area contributed by atoms with Gasteiger partial charge < -0.3 is 9.64 Å². The van der Waals surface area contributed by atoms with Crippen molar-refractivity contribution in [2.75, 3.05) is 23.0 Å². The van der Waals surface area contributed by atoms with Crippen LogP contribution in [0.3, 0.4) is 0 Å². The van der Waals surface area contributed by atoms with Gasteiger partial charge in [0.2, 0.25) is 0 Å². The summed E-state index contributed by atoms with van der Waals surface area (Å²) >= 11 is 0. The highest BCUT2D eigenvalue weighted by atomic mass is 32.2. The van der Waals surface area contributed by atoms with Crippen molar-refractivity contribution in [1.29, 1.82) is 0 Å². The lowest BCUT2D eigenvalue weighted by atomic mass is 10.0. The molecule has 1 saturated heterocycles. The van der Waals surface area contributed by atoms with Gasteiger partial charge in [-0.2, -0.15) is 0 Å². The van der Waals surface area contributed by atoms with E-state index in [4.69, 9.17) is 4.74 Å². The van der Waals surface area contributed by atoms with Gasteiger partial charge in [0.05, 0.1) is 17.5 Å². The molecule has 0 unspecified atom stereocenters. The van der Waals surface area contributed by atoms with Gasteiger partial charge in [-0.15, -0.1) is 0 Å². The Balaban J connectivity index is 1.44. The minimum atomic E-state index is -3.17. The number of hydrogen-bond acceptors (Lipinski definition) is 5. The Labute approximate surface area is 191 Å². The Kier molecular flexibility index (Phi) is 6.55. The maximum atomic E-state index is 13.1. The third-order valence-electron chi connectivity index (χ3n) is 5.46. The number of anilines is 1. The number of rotatable bonds is 7. The molecule has 8 heteroatoms. The van der Waals surface area contributed by atoms with Gasteiger partial charge in [0.25, 0.3) is 5.91 Å². The van der Waals surface area contributed by atoms with Crippen molar-refractivity contribution in [2.45, 2.75) is 12.5 Å². The van der Waals surface area contributed by atoms with Gasteiger partial charge in [0, 0.05) is 16.8 Å². The normalized spacial score (nSPS) is 16.8. The Morgan fingerprint density at radius 1 is 0.909 bits per heavy atom. The average Bonchev–Trinajstić information content (AvgIpc) is 3.18. The van der Waals surface area contributed by atoms with Gasteiger partial charge in [-0.05, 0) is 67.1 Å². The molecule has 0 radical (unpaired) electrons. The number of sulfone groups is 1. The van der Waals surface area contributed by atoms with E-state index in [1.165, 1.54) is 29.2 Å². The van der Waals surface area contributed by atoms with E-state index in [0.717, 1.165) is 0 Å². The molecule has 3 aromatic carbocycles. The van der Waals surface area contributed by atoms with Crippen LogP contribution in [-0.4, -0.2) is 44.3 Å². The lowest BCUT2D eigenvalue weighted by Gasteiger charge is -2.28. The standard InChI is InChI=1S/C25H22FNO5S/c26-20-10-6-18(7-11-20)25(29)19-8-12-23(13-9-19)32-16-24(28)27(21-4-2-1-3-5-21)22-14-15-33(30,31)17-22/h1-13,22H,14-17H2/t22-/m1/s1. The molecule has 0 aliphatic carbocycles. The van der Waals surface area contributed by atoms with Crippen LogP contribution >= 0.6 is 0 Å². The number of ether oxygens (including phenoxy) is 1. The zero-order valence-corrected chi connectivity index (χ0v) is 18.5. The zero-order valence-electron chi connectivity index (χ0n) is 17.7. The largest absolute Gasteiger partial charge is 0.484 e. The van der Waals surface area contributed by atoms with Crippen molar-refractivity contribution >= 4 is 27.2 Å². The second-order valence-corrected chi connectivity index (χ2v) is 10.0. The maximum absolute atomic E-state index is 13.1. The second kappa shape index (κ2) is 9.54. The molecular weight excluding hydrogens is 445 g/mol. The monoisotopic (exact) mass is 467 g/mol. The molecule has 0 saturated carbocycles. The van der Waals surface area contributed by atoms with Crippen LogP contribution in [0.5, 0.6) is 5.75 Å². The van der Waals surface area contributed by atoms with Gasteiger partial charge in [-0.1, -0.05) is 18.2 Å². The molecule has 0 spiro atoms. The van der Waals surface area contributed by atoms with Crippen molar-refractivity contribution in [3.8, 4) is 5.75 Å². The molecule has 0 N–H and O–H groups in total. The van der Waals surface area contributed by atoms with Gasteiger partial charge in [-0.25, -0.2) is 12.8 Å². The number of ketones is 1.